The maximum absolute atomic E-state index is 10.3. The summed E-state index contributed by atoms with van der Waals surface area (Å²) >= 11 is 0. The van der Waals surface area contributed by atoms with E-state index in [9.17, 15) is 20.4 Å². The highest BCUT2D eigenvalue weighted by atomic mass is 16.3. The zero-order valence-corrected chi connectivity index (χ0v) is 12.6. The van der Waals surface area contributed by atoms with E-state index in [-0.39, 0.29) is 24.7 Å². The fourth-order valence-corrected chi connectivity index (χ4v) is 3.50. The molecule has 0 aliphatic heterocycles. The molecule has 0 fully saturated rings. The fraction of sp³-hybridized carbons (Fsp3) is 0.529. The molecule has 21 heavy (non-hydrogen) atoms. The van der Waals surface area contributed by atoms with Crippen LogP contribution < -0.4 is 0 Å². The number of rotatable bonds is 4. The van der Waals surface area contributed by atoms with E-state index in [1.165, 1.54) is 0 Å². The van der Waals surface area contributed by atoms with E-state index in [0.29, 0.717) is 19.3 Å². The third-order valence-electron chi connectivity index (χ3n) is 4.65. The summed E-state index contributed by atoms with van der Waals surface area (Å²) in [6, 6.07) is 0. The lowest BCUT2D eigenvalue weighted by Crippen LogP contribution is -2.41. The van der Waals surface area contributed by atoms with E-state index in [2.05, 4.69) is 0 Å². The first-order chi connectivity index (χ1) is 9.87. The molecule has 2 unspecified atom stereocenters. The molecule has 0 spiro atoms. The molecule has 0 amide bonds. The van der Waals surface area contributed by atoms with Crippen LogP contribution in [0.1, 0.15) is 33.1 Å². The average Bonchev–Trinajstić information content (AvgIpc) is 2.46. The molecular formula is C17H24O4. The molecule has 4 heteroatoms. The Morgan fingerprint density at radius 3 is 1.52 bits per heavy atom. The number of hydrogen-bond donors (Lipinski definition) is 4. The van der Waals surface area contributed by atoms with Crippen molar-refractivity contribution < 1.29 is 20.4 Å². The van der Waals surface area contributed by atoms with Gasteiger partial charge in [-0.2, -0.15) is 0 Å². The van der Waals surface area contributed by atoms with E-state index in [0.717, 1.165) is 11.1 Å². The lowest BCUT2D eigenvalue weighted by atomic mass is 9.63. The van der Waals surface area contributed by atoms with Gasteiger partial charge in [-0.1, -0.05) is 23.3 Å². The first-order valence-corrected chi connectivity index (χ1v) is 7.23. The predicted octanol–water partition coefficient (Wildman–Crippen LogP) is 2.92. The summed E-state index contributed by atoms with van der Waals surface area (Å²) in [4.78, 5) is 0. The summed E-state index contributed by atoms with van der Waals surface area (Å²) in [7, 11) is 0. The van der Waals surface area contributed by atoms with Crippen LogP contribution in [0, 0.1) is 10.8 Å². The Morgan fingerprint density at radius 2 is 1.19 bits per heavy atom. The summed E-state index contributed by atoms with van der Waals surface area (Å²) in [5.41, 5.74) is 0.421. The molecule has 2 rings (SSSR count). The summed E-state index contributed by atoms with van der Waals surface area (Å²) in [6.45, 7) is 3.44. The maximum Gasteiger partial charge on any atom is 0.101 e. The Bertz CT molecular complexity index is 493. The minimum atomic E-state index is -0.846. The van der Waals surface area contributed by atoms with Gasteiger partial charge in [0.25, 0.3) is 0 Å². The first-order valence-electron chi connectivity index (χ1n) is 7.23. The molecule has 0 aromatic rings. The molecule has 116 valence electrons. The molecule has 4 N–H and O–H groups in total. The number of aliphatic hydroxyl groups excluding tert-OH is 4. The molecule has 0 aromatic heterocycles. The molecule has 0 aromatic carbocycles. The van der Waals surface area contributed by atoms with Crippen LogP contribution in [0.4, 0.5) is 0 Å². The topological polar surface area (TPSA) is 80.9 Å². The van der Waals surface area contributed by atoms with Gasteiger partial charge in [0.2, 0.25) is 0 Å². The van der Waals surface area contributed by atoms with Gasteiger partial charge in [0.1, 0.15) is 11.5 Å². The molecule has 4 nitrogen and oxygen atoms in total. The van der Waals surface area contributed by atoms with Crippen molar-refractivity contribution >= 4 is 0 Å². The second kappa shape index (κ2) is 5.70. The van der Waals surface area contributed by atoms with Crippen LogP contribution in [-0.4, -0.2) is 33.6 Å². The zero-order valence-electron chi connectivity index (χ0n) is 12.6. The molecular weight excluding hydrogens is 268 g/mol. The van der Waals surface area contributed by atoms with Gasteiger partial charge in [0.05, 0.1) is 24.0 Å². The van der Waals surface area contributed by atoms with E-state index in [1.807, 2.05) is 26.0 Å². The van der Waals surface area contributed by atoms with Crippen LogP contribution in [0.5, 0.6) is 0 Å². The van der Waals surface area contributed by atoms with Gasteiger partial charge in [0, 0.05) is 0 Å². The Kier molecular flexibility index (Phi) is 4.30. The van der Waals surface area contributed by atoms with Crippen LogP contribution in [0.15, 0.2) is 47.0 Å². The fourth-order valence-electron chi connectivity index (χ4n) is 3.50. The molecule has 2 aliphatic carbocycles. The molecule has 0 saturated heterocycles. The van der Waals surface area contributed by atoms with Crippen molar-refractivity contribution in [1.82, 2.24) is 0 Å². The van der Waals surface area contributed by atoms with Crippen LogP contribution in [0.25, 0.3) is 0 Å². The highest BCUT2D eigenvalue weighted by molar-refractivity contribution is 5.31. The normalized spacial score (nSPS) is 33.0. The number of aliphatic hydroxyl groups is 4. The summed E-state index contributed by atoms with van der Waals surface area (Å²) < 4.78 is 0. The Hall–Kier alpha value is -1.52. The van der Waals surface area contributed by atoms with Crippen molar-refractivity contribution in [2.75, 3.05) is 13.2 Å². The van der Waals surface area contributed by atoms with Gasteiger partial charge in [-0.05, 0) is 45.3 Å². The Morgan fingerprint density at radius 1 is 0.810 bits per heavy atom. The third-order valence-corrected chi connectivity index (χ3v) is 4.65. The van der Waals surface area contributed by atoms with Gasteiger partial charge in [-0.15, -0.1) is 0 Å². The Labute approximate surface area is 125 Å². The second-order valence-electron chi connectivity index (χ2n) is 6.54. The van der Waals surface area contributed by atoms with Gasteiger partial charge in [-0.25, -0.2) is 0 Å². The Balaban J connectivity index is 2.38. The molecule has 0 heterocycles. The quantitative estimate of drug-likeness (QED) is 0.642. The monoisotopic (exact) mass is 292 g/mol. The van der Waals surface area contributed by atoms with Crippen molar-refractivity contribution in [2.24, 2.45) is 10.8 Å². The third kappa shape index (κ3) is 2.78. The minimum Gasteiger partial charge on any atom is -0.512 e. The molecule has 0 bridgehead atoms. The van der Waals surface area contributed by atoms with Crippen LogP contribution in [0.2, 0.25) is 0 Å². The van der Waals surface area contributed by atoms with Crippen molar-refractivity contribution in [3.8, 4) is 0 Å². The lowest BCUT2D eigenvalue weighted by molar-refractivity contribution is 0.0165. The van der Waals surface area contributed by atoms with Crippen LogP contribution in [0.3, 0.4) is 0 Å². The van der Waals surface area contributed by atoms with Gasteiger partial charge >= 0.3 is 0 Å². The minimum absolute atomic E-state index is 0.114. The van der Waals surface area contributed by atoms with Crippen molar-refractivity contribution in [2.45, 2.75) is 33.1 Å². The SMILES string of the molecule is CC1=CC=C(O)C(CO)(CC2(CO)CC(C)=CC=C2O)C1. The second-order valence-corrected chi connectivity index (χ2v) is 6.54. The largest absolute Gasteiger partial charge is 0.512 e. The number of allylic oxidation sites excluding steroid dienone is 6. The molecule has 2 atom stereocenters. The van der Waals surface area contributed by atoms with Crippen LogP contribution in [-0.2, 0) is 0 Å². The molecule has 0 radical (unpaired) electrons. The highest BCUT2D eigenvalue weighted by Crippen LogP contribution is 2.50. The maximum atomic E-state index is 10.3. The van der Waals surface area contributed by atoms with Crippen molar-refractivity contribution in [1.29, 1.82) is 0 Å². The predicted molar refractivity (Wildman–Crippen MR) is 81.8 cm³/mol. The van der Waals surface area contributed by atoms with E-state index < -0.39 is 10.8 Å². The van der Waals surface area contributed by atoms with Crippen LogP contribution >= 0.6 is 0 Å². The standard InChI is InChI=1S/C17H24O4/c1-12-3-5-14(20)16(7-12,10-18)9-17(11-19)8-13(2)4-6-15(17)21/h3-6,18-21H,7-11H2,1-2H3. The van der Waals surface area contributed by atoms with Gasteiger partial charge < -0.3 is 20.4 Å². The van der Waals surface area contributed by atoms with Crippen molar-refractivity contribution in [3.05, 3.63) is 47.0 Å². The van der Waals surface area contributed by atoms with Crippen molar-refractivity contribution in [3.63, 3.8) is 0 Å². The van der Waals surface area contributed by atoms with E-state index in [4.69, 9.17) is 0 Å². The van der Waals surface area contributed by atoms with E-state index in [1.54, 1.807) is 12.2 Å². The first kappa shape index (κ1) is 15.9. The summed E-state index contributed by atoms with van der Waals surface area (Å²) in [5.74, 6) is 0.229. The zero-order chi connectivity index (χ0) is 15.7. The average molecular weight is 292 g/mol. The lowest BCUT2D eigenvalue weighted by Gasteiger charge is -2.43. The van der Waals surface area contributed by atoms with Gasteiger partial charge in [0.15, 0.2) is 0 Å². The molecule has 0 saturated carbocycles. The molecule has 2 aliphatic rings. The smallest absolute Gasteiger partial charge is 0.101 e. The van der Waals surface area contributed by atoms with Gasteiger partial charge in [-0.3, -0.25) is 0 Å². The summed E-state index contributed by atoms with van der Waals surface area (Å²) in [5, 5.41) is 40.4. The highest BCUT2D eigenvalue weighted by Gasteiger charge is 2.47. The number of hydrogen-bond acceptors (Lipinski definition) is 4. The van der Waals surface area contributed by atoms with E-state index >= 15 is 0 Å². The summed E-state index contributed by atoms with van der Waals surface area (Å²) in [6.07, 6.45) is 8.20.